The lowest BCUT2D eigenvalue weighted by Gasteiger charge is -2.30. The zero-order chi connectivity index (χ0) is 24.8. The van der Waals surface area contributed by atoms with E-state index in [0.717, 1.165) is 32.1 Å². The first kappa shape index (κ1) is 24.7. The average molecular weight is 496 g/mol. The van der Waals surface area contributed by atoms with Crippen LogP contribution >= 0.6 is 0 Å². The first-order chi connectivity index (χ1) is 16.9. The average Bonchev–Trinajstić information content (AvgIpc) is 3.41. The van der Waals surface area contributed by atoms with Crippen LogP contribution in [0.4, 0.5) is 5.69 Å². The Kier molecular flexibility index (Phi) is 7.67. The van der Waals surface area contributed by atoms with Crippen molar-refractivity contribution in [2.24, 2.45) is 0 Å². The molecule has 0 radical (unpaired) electrons. The second kappa shape index (κ2) is 10.9. The molecule has 0 unspecified atom stereocenters. The van der Waals surface area contributed by atoms with Gasteiger partial charge in [-0.15, -0.1) is 0 Å². The van der Waals surface area contributed by atoms with E-state index in [9.17, 15) is 18.0 Å². The molecule has 1 aliphatic carbocycles. The number of hydrogen-bond donors (Lipinski definition) is 2. The minimum atomic E-state index is -3.74. The quantitative estimate of drug-likeness (QED) is 0.481. The highest BCUT2D eigenvalue weighted by atomic mass is 32.2. The summed E-state index contributed by atoms with van der Waals surface area (Å²) in [7, 11) is -2.13. The van der Waals surface area contributed by atoms with E-state index in [0.29, 0.717) is 11.4 Å². The van der Waals surface area contributed by atoms with Gasteiger partial charge in [0.25, 0.3) is 11.8 Å². The highest BCUT2D eigenvalue weighted by molar-refractivity contribution is 7.89. The Morgan fingerprint density at radius 3 is 2.49 bits per heavy atom. The van der Waals surface area contributed by atoms with E-state index < -0.39 is 15.9 Å². The number of nitrogens with zero attached hydrogens (tertiary/aromatic N) is 1. The Morgan fingerprint density at radius 2 is 1.74 bits per heavy atom. The second-order valence-electron chi connectivity index (χ2n) is 8.60. The molecule has 0 spiro atoms. The fourth-order valence-electron chi connectivity index (χ4n) is 4.27. The largest absolute Gasteiger partial charge is 0.467 e. The molecular formula is C26H29N3O5S. The van der Waals surface area contributed by atoms with Crippen LogP contribution in [0.15, 0.2) is 76.2 Å². The third-order valence-corrected chi connectivity index (χ3v) is 8.19. The molecule has 0 aliphatic heterocycles. The van der Waals surface area contributed by atoms with Crippen molar-refractivity contribution in [3.05, 3.63) is 83.8 Å². The van der Waals surface area contributed by atoms with Crippen LogP contribution in [-0.2, 0) is 16.6 Å². The molecule has 2 amide bonds. The van der Waals surface area contributed by atoms with Crippen LogP contribution in [0.1, 0.15) is 58.6 Å². The van der Waals surface area contributed by atoms with Gasteiger partial charge in [-0.2, -0.15) is 4.31 Å². The number of rotatable bonds is 8. The number of para-hydroxylation sites is 1. The van der Waals surface area contributed by atoms with Gasteiger partial charge in [-0.25, -0.2) is 8.42 Å². The third kappa shape index (κ3) is 5.80. The molecule has 0 atom stereocenters. The molecule has 1 heterocycles. The molecular weight excluding hydrogens is 466 g/mol. The summed E-state index contributed by atoms with van der Waals surface area (Å²) in [5.41, 5.74) is 0.796. The monoisotopic (exact) mass is 495 g/mol. The van der Waals surface area contributed by atoms with E-state index in [1.54, 1.807) is 55.6 Å². The molecule has 2 aromatic carbocycles. The molecule has 2 N–H and O–H groups in total. The lowest BCUT2D eigenvalue weighted by Crippen LogP contribution is -2.38. The Morgan fingerprint density at radius 1 is 0.971 bits per heavy atom. The SMILES string of the molecule is CN(C1CCCCC1)S(=O)(=O)c1cccc(C(=O)Nc2ccccc2C(=O)NCc2ccco2)c1. The van der Waals surface area contributed by atoms with Crippen LogP contribution in [0.3, 0.4) is 0 Å². The highest BCUT2D eigenvalue weighted by Crippen LogP contribution is 2.27. The van der Waals surface area contributed by atoms with Crippen molar-refractivity contribution in [1.29, 1.82) is 0 Å². The fraction of sp³-hybridized carbons (Fsp3) is 0.308. The molecule has 8 nitrogen and oxygen atoms in total. The Labute approximate surface area is 205 Å². The number of benzene rings is 2. The van der Waals surface area contributed by atoms with Gasteiger partial charge in [-0.3, -0.25) is 9.59 Å². The summed E-state index contributed by atoms with van der Waals surface area (Å²) in [4.78, 5) is 25.8. The van der Waals surface area contributed by atoms with E-state index in [-0.39, 0.29) is 34.5 Å². The van der Waals surface area contributed by atoms with E-state index in [4.69, 9.17) is 4.42 Å². The van der Waals surface area contributed by atoms with E-state index in [2.05, 4.69) is 10.6 Å². The Balaban J connectivity index is 1.49. The first-order valence-electron chi connectivity index (χ1n) is 11.7. The summed E-state index contributed by atoms with van der Waals surface area (Å²) < 4.78 is 33.1. The molecule has 0 saturated heterocycles. The molecule has 1 saturated carbocycles. The van der Waals surface area contributed by atoms with Crippen molar-refractivity contribution in [1.82, 2.24) is 9.62 Å². The number of carbonyl (C=O) groups excluding carboxylic acids is 2. The van der Waals surface area contributed by atoms with Crippen molar-refractivity contribution in [2.45, 2.75) is 49.6 Å². The second-order valence-corrected chi connectivity index (χ2v) is 10.6. The van der Waals surface area contributed by atoms with Crippen molar-refractivity contribution in [2.75, 3.05) is 12.4 Å². The standard InChI is InChI=1S/C26H29N3O5S/c1-29(20-10-3-2-4-11-20)35(32,33)22-13-7-9-19(17-22)25(30)28-24-15-6-5-14-23(24)26(31)27-18-21-12-8-16-34-21/h5-9,12-17,20H,2-4,10-11,18H2,1H3,(H,27,31)(H,28,30). The molecule has 1 aromatic heterocycles. The predicted molar refractivity (Wildman–Crippen MR) is 133 cm³/mol. The van der Waals surface area contributed by atoms with Gasteiger partial charge in [0.05, 0.1) is 29.0 Å². The topological polar surface area (TPSA) is 109 Å². The smallest absolute Gasteiger partial charge is 0.255 e. The minimum absolute atomic E-state index is 0.0298. The number of anilines is 1. The van der Waals surface area contributed by atoms with E-state index in [1.165, 1.54) is 22.7 Å². The third-order valence-electron chi connectivity index (χ3n) is 6.29. The molecule has 1 fully saturated rings. The number of amides is 2. The molecule has 0 bridgehead atoms. The number of furan rings is 1. The van der Waals surface area contributed by atoms with Gasteiger partial charge < -0.3 is 15.1 Å². The lowest BCUT2D eigenvalue weighted by atomic mass is 9.96. The van der Waals surface area contributed by atoms with E-state index >= 15 is 0 Å². The fourth-order valence-corrected chi connectivity index (χ4v) is 5.73. The maximum Gasteiger partial charge on any atom is 0.255 e. The van der Waals surface area contributed by atoms with Gasteiger partial charge in [0.1, 0.15) is 5.76 Å². The van der Waals surface area contributed by atoms with Crippen LogP contribution in [0.2, 0.25) is 0 Å². The maximum absolute atomic E-state index is 13.2. The number of carbonyl (C=O) groups is 2. The van der Waals surface area contributed by atoms with Crippen molar-refractivity contribution in [3.63, 3.8) is 0 Å². The predicted octanol–water partition coefficient (Wildman–Crippen LogP) is 4.42. The van der Waals surface area contributed by atoms with Gasteiger partial charge in [-0.1, -0.05) is 37.5 Å². The van der Waals surface area contributed by atoms with Crippen molar-refractivity contribution < 1.29 is 22.4 Å². The normalized spacial score (nSPS) is 14.6. The molecule has 9 heteroatoms. The molecule has 4 rings (SSSR count). The lowest BCUT2D eigenvalue weighted by molar-refractivity contribution is 0.0949. The van der Waals surface area contributed by atoms with Crippen LogP contribution < -0.4 is 10.6 Å². The van der Waals surface area contributed by atoms with Gasteiger partial charge in [0.2, 0.25) is 10.0 Å². The summed E-state index contributed by atoms with van der Waals surface area (Å²) in [6.45, 7) is 0.211. The van der Waals surface area contributed by atoms with Crippen LogP contribution in [0, 0.1) is 0 Å². The van der Waals surface area contributed by atoms with Crippen LogP contribution in [-0.4, -0.2) is 37.6 Å². The van der Waals surface area contributed by atoms with Crippen molar-refractivity contribution >= 4 is 27.5 Å². The van der Waals surface area contributed by atoms with E-state index in [1.807, 2.05) is 0 Å². The minimum Gasteiger partial charge on any atom is -0.467 e. The molecule has 3 aromatic rings. The van der Waals surface area contributed by atoms with Gasteiger partial charge in [0, 0.05) is 18.7 Å². The summed E-state index contributed by atoms with van der Waals surface area (Å²) in [6.07, 6.45) is 6.37. The highest BCUT2D eigenvalue weighted by Gasteiger charge is 2.29. The number of sulfonamides is 1. The summed E-state index contributed by atoms with van der Waals surface area (Å²) >= 11 is 0. The molecule has 184 valence electrons. The number of hydrogen-bond acceptors (Lipinski definition) is 5. The zero-order valence-electron chi connectivity index (χ0n) is 19.6. The Hall–Kier alpha value is -3.43. The molecule has 1 aliphatic rings. The van der Waals surface area contributed by atoms with Crippen molar-refractivity contribution in [3.8, 4) is 0 Å². The maximum atomic E-state index is 13.2. The van der Waals surface area contributed by atoms with Crippen LogP contribution in [0.5, 0.6) is 0 Å². The summed E-state index contributed by atoms with van der Waals surface area (Å²) in [5, 5.41) is 5.50. The molecule has 35 heavy (non-hydrogen) atoms. The van der Waals surface area contributed by atoms with Gasteiger partial charge in [-0.05, 0) is 55.3 Å². The summed E-state index contributed by atoms with van der Waals surface area (Å²) in [5.74, 6) is -0.271. The van der Waals surface area contributed by atoms with Gasteiger partial charge >= 0.3 is 0 Å². The first-order valence-corrected chi connectivity index (χ1v) is 13.1. The van der Waals surface area contributed by atoms with Gasteiger partial charge in [0.15, 0.2) is 0 Å². The summed E-state index contributed by atoms with van der Waals surface area (Å²) in [6, 6.07) is 16.1. The zero-order valence-corrected chi connectivity index (χ0v) is 20.4. The van der Waals surface area contributed by atoms with Crippen LogP contribution in [0.25, 0.3) is 0 Å². The number of nitrogens with one attached hydrogen (secondary N) is 2. The Bertz CT molecular complexity index is 1280.